The summed E-state index contributed by atoms with van der Waals surface area (Å²) in [6.45, 7) is 3.72. The molecule has 2 N–H and O–H groups in total. The molecule has 0 saturated heterocycles. The Kier molecular flexibility index (Phi) is 6.21. The van der Waals surface area contributed by atoms with Crippen LogP contribution in [0.3, 0.4) is 0 Å². The molecule has 2 aromatic rings. The number of nitrogens with zero attached hydrogens (tertiary/aromatic N) is 2. The summed E-state index contributed by atoms with van der Waals surface area (Å²) in [7, 11) is 3.39. The molecule has 0 aliphatic rings. The molecule has 0 aromatic carbocycles. The van der Waals surface area contributed by atoms with Gasteiger partial charge < -0.3 is 15.4 Å². The Balaban J connectivity index is 1.79. The molecular formula is C16H22N4OS. The van der Waals surface area contributed by atoms with E-state index in [9.17, 15) is 0 Å². The first-order valence-corrected chi connectivity index (χ1v) is 8.12. The fourth-order valence-electron chi connectivity index (χ4n) is 1.97. The molecule has 0 amide bonds. The summed E-state index contributed by atoms with van der Waals surface area (Å²) in [5.74, 6) is 1.86. The first-order chi connectivity index (χ1) is 10.7. The van der Waals surface area contributed by atoms with E-state index in [2.05, 4.69) is 44.4 Å². The van der Waals surface area contributed by atoms with Crippen LogP contribution in [-0.4, -0.2) is 31.6 Å². The number of nitrogens with one attached hydrogen (secondary N) is 2. The number of aliphatic imine (C=N–C) groups is 1. The van der Waals surface area contributed by atoms with Crippen molar-refractivity contribution in [3.05, 3.63) is 46.3 Å². The van der Waals surface area contributed by atoms with Gasteiger partial charge >= 0.3 is 0 Å². The zero-order chi connectivity index (χ0) is 15.8. The lowest BCUT2D eigenvalue weighted by Gasteiger charge is -2.15. The van der Waals surface area contributed by atoms with Gasteiger partial charge in [-0.1, -0.05) is 13.0 Å². The zero-order valence-corrected chi connectivity index (χ0v) is 14.0. The maximum absolute atomic E-state index is 5.05. The number of methoxy groups -OCH3 is 1. The molecule has 0 fully saturated rings. The Morgan fingerprint density at radius 1 is 1.36 bits per heavy atom. The van der Waals surface area contributed by atoms with Crippen molar-refractivity contribution in [2.24, 2.45) is 4.99 Å². The van der Waals surface area contributed by atoms with Crippen LogP contribution in [0.5, 0.6) is 5.88 Å². The highest BCUT2D eigenvalue weighted by Gasteiger charge is 2.07. The second-order valence-electron chi connectivity index (χ2n) is 4.97. The number of aromatic nitrogens is 1. The summed E-state index contributed by atoms with van der Waals surface area (Å²) in [6.07, 6.45) is 1.80. The van der Waals surface area contributed by atoms with Crippen molar-refractivity contribution < 1.29 is 4.74 Å². The monoisotopic (exact) mass is 318 g/mol. The van der Waals surface area contributed by atoms with Crippen molar-refractivity contribution in [2.45, 2.75) is 19.4 Å². The van der Waals surface area contributed by atoms with Gasteiger partial charge in [-0.3, -0.25) is 4.99 Å². The standard InChI is InChI=1S/C16H22N4OS/c1-12(14-6-7-22-11-14)8-19-16(17-2)20-10-13-4-5-15(21-3)18-9-13/h4-7,9,11-12H,8,10H2,1-3H3,(H2,17,19,20). The van der Waals surface area contributed by atoms with E-state index in [1.54, 1.807) is 31.7 Å². The molecule has 0 aliphatic carbocycles. The van der Waals surface area contributed by atoms with Gasteiger partial charge in [0.25, 0.3) is 0 Å². The second-order valence-corrected chi connectivity index (χ2v) is 5.75. The van der Waals surface area contributed by atoms with Gasteiger partial charge in [-0.2, -0.15) is 11.3 Å². The molecule has 118 valence electrons. The first kappa shape index (κ1) is 16.3. The third-order valence-electron chi connectivity index (χ3n) is 3.38. The highest BCUT2D eigenvalue weighted by Crippen LogP contribution is 2.16. The molecule has 0 radical (unpaired) electrons. The summed E-state index contributed by atoms with van der Waals surface area (Å²) in [5.41, 5.74) is 2.43. The molecule has 2 rings (SSSR count). The highest BCUT2D eigenvalue weighted by atomic mass is 32.1. The largest absolute Gasteiger partial charge is 0.481 e. The molecule has 1 atom stereocenters. The topological polar surface area (TPSA) is 58.5 Å². The van der Waals surface area contributed by atoms with Crippen LogP contribution in [0.15, 0.2) is 40.1 Å². The van der Waals surface area contributed by atoms with Crippen molar-refractivity contribution in [3.63, 3.8) is 0 Å². The van der Waals surface area contributed by atoms with E-state index in [-0.39, 0.29) is 0 Å². The Bertz CT molecular complexity index is 581. The van der Waals surface area contributed by atoms with Gasteiger partial charge in [0.2, 0.25) is 5.88 Å². The van der Waals surface area contributed by atoms with Gasteiger partial charge in [0, 0.05) is 32.4 Å². The number of hydrogen-bond acceptors (Lipinski definition) is 4. The average Bonchev–Trinajstić information content (AvgIpc) is 3.10. The van der Waals surface area contributed by atoms with Crippen LogP contribution in [0.1, 0.15) is 24.0 Å². The minimum Gasteiger partial charge on any atom is -0.481 e. The van der Waals surface area contributed by atoms with E-state index < -0.39 is 0 Å². The van der Waals surface area contributed by atoms with Crippen LogP contribution < -0.4 is 15.4 Å². The Hall–Kier alpha value is -2.08. The highest BCUT2D eigenvalue weighted by molar-refractivity contribution is 7.07. The minimum absolute atomic E-state index is 0.451. The van der Waals surface area contributed by atoms with Crippen LogP contribution in [0.25, 0.3) is 0 Å². The summed E-state index contributed by atoms with van der Waals surface area (Å²) >= 11 is 1.73. The van der Waals surface area contributed by atoms with Crippen LogP contribution in [0.4, 0.5) is 0 Å². The number of pyridine rings is 1. The van der Waals surface area contributed by atoms with Crippen molar-refractivity contribution in [3.8, 4) is 5.88 Å². The molecule has 6 heteroatoms. The first-order valence-electron chi connectivity index (χ1n) is 7.18. The molecule has 0 bridgehead atoms. The molecule has 2 aromatic heterocycles. The number of guanidine groups is 1. The van der Waals surface area contributed by atoms with Gasteiger partial charge in [0.05, 0.1) is 7.11 Å². The molecule has 1 unspecified atom stereocenters. The number of hydrogen-bond donors (Lipinski definition) is 2. The van der Waals surface area contributed by atoms with E-state index in [1.165, 1.54) is 5.56 Å². The maximum atomic E-state index is 5.05. The quantitative estimate of drug-likeness (QED) is 0.635. The molecule has 22 heavy (non-hydrogen) atoms. The number of thiophene rings is 1. The van der Waals surface area contributed by atoms with Gasteiger partial charge in [-0.15, -0.1) is 0 Å². The molecule has 2 heterocycles. The molecule has 5 nitrogen and oxygen atoms in total. The summed E-state index contributed by atoms with van der Waals surface area (Å²) in [6, 6.07) is 6.00. The van der Waals surface area contributed by atoms with Crippen molar-refractivity contribution in [2.75, 3.05) is 20.7 Å². The SMILES string of the molecule is CN=C(NCc1ccc(OC)nc1)NCC(C)c1ccsc1. The third-order valence-corrected chi connectivity index (χ3v) is 4.08. The van der Waals surface area contributed by atoms with E-state index in [0.29, 0.717) is 18.3 Å². The van der Waals surface area contributed by atoms with Gasteiger partial charge in [0.1, 0.15) is 0 Å². The zero-order valence-electron chi connectivity index (χ0n) is 13.2. The van der Waals surface area contributed by atoms with Gasteiger partial charge in [-0.25, -0.2) is 4.98 Å². The third kappa shape index (κ3) is 4.73. The van der Waals surface area contributed by atoms with Gasteiger partial charge in [0.15, 0.2) is 5.96 Å². The fraction of sp³-hybridized carbons (Fsp3) is 0.375. The maximum Gasteiger partial charge on any atom is 0.212 e. The van der Waals surface area contributed by atoms with Crippen LogP contribution in [-0.2, 0) is 6.54 Å². The van der Waals surface area contributed by atoms with Crippen molar-refractivity contribution >= 4 is 17.3 Å². The Morgan fingerprint density at radius 2 is 2.23 bits per heavy atom. The Morgan fingerprint density at radius 3 is 2.82 bits per heavy atom. The fourth-order valence-corrected chi connectivity index (χ4v) is 2.75. The predicted molar refractivity (Wildman–Crippen MR) is 91.7 cm³/mol. The smallest absolute Gasteiger partial charge is 0.212 e. The van der Waals surface area contributed by atoms with E-state index >= 15 is 0 Å². The van der Waals surface area contributed by atoms with Crippen molar-refractivity contribution in [1.29, 1.82) is 0 Å². The van der Waals surface area contributed by atoms with E-state index in [1.807, 2.05) is 12.1 Å². The summed E-state index contributed by atoms with van der Waals surface area (Å²) < 4.78 is 5.05. The van der Waals surface area contributed by atoms with Crippen molar-refractivity contribution in [1.82, 2.24) is 15.6 Å². The molecular weight excluding hydrogens is 296 g/mol. The van der Waals surface area contributed by atoms with E-state index in [0.717, 1.165) is 18.1 Å². The molecule has 0 saturated carbocycles. The number of ether oxygens (including phenoxy) is 1. The second kappa shape index (κ2) is 8.38. The molecule has 0 spiro atoms. The lowest BCUT2D eigenvalue weighted by Crippen LogP contribution is -2.38. The van der Waals surface area contributed by atoms with Crippen LogP contribution in [0, 0.1) is 0 Å². The normalized spacial score (nSPS) is 12.8. The Labute approximate surface area is 135 Å². The minimum atomic E-state index is 0.451. The summed E-state index contributed by atoms with van der Waals surface area (Å²) in [5, 5.41) is 10.9. The molecule has 0 aliphatic heterocycles. The van der Waals surface area contributed by atoms with Gasteiger partial charge in [-0.05, 0) is 33.9 Å². The number of rotatable bonds is 6. The summed E-state index contributed by atoms with van der Waals surface area (Å²) in [4.78, 5) is 8.43. The lowest BCUT2D eigenvalue weighted by molar-refractivity contribution is 0.397. The van der Waals surface area contributed by atoms with E-state index in [4.69, 9.17) is 4.74 Å². The average molecular weight is 318 g/mol. The predicted octanol–water partition coefficient (Wildman–Crippen LogP) is 2.62. The van der Waals surface area contributed by atoms with Crippen LogP contribution >= 0.6 is 11.3 Å². The lowest BCUT2D eigenvalue weighted by atomic mass is 10.1. The van der Waals surface area contributed by atoms with Crippen LogP contribution in [0.2, 0.25) is 0 Å².